The third-order valence-corrected chi connectivity index (χ3v) is 6.21. The molecular formula is C21H26O2. The first-order chi connectivity index (χ1) is 11.3. The predicted molar refractivity (Wildman–Crippen MR) is 90.8 cm³/mol. The summed E-state index contributed by atoms with van der Waals surface area (Å²) in [6.45, 7) is 0.512. The number of ether oxygens (including phenoxy) is 1. The van der Waals surface area contributed by atoms with Crippen molar-refractivity contribution in [1.82, 2.24) is 0 Å². The molecule has 0 radical (unpaired) electrons. The summed E-state index contributed by atoms with van der Waals surface area (Å²) in [7, 11) is 0. The molecule has 2 heteroatoms. The summed E-state index contributed by atoms with van der Waals surface area (Å²) in [6, 6.07) is 10.3. The van der Waals surface area contributed by atoms with Crippen LogP contribution in [0, 0.1) is 29.6 Å². The molecule has 2 bridgehead atoms. The molecule has 2 saturated carbocycles. The molecule has 1 aromatic carbocycles. The van der Waals surface area contributed by atoms with E-state index in [0.29, 0.717) is 24.4 Å². The Balaban J connectivity index is 1.37. The van der Waals surface area contributed by atoms with Crippen molar-refractivity contribution in [2.75, 3.05) is 6.61 Å². The maximum Gasteiger partial charge on any atom is 0.309 e. The van der Waals surface area contributed by atoms with Gasteiger partial charge in [-0.2, -0.15) is 0 Å². The van der Waals surface area contributed by atoms with Gasteiger partial charge in [0.05, 0.1) is 12.5 Å². The molecular weight excluding hydrogens is 284 g/mol. The maximum atomic E-state index is 12.7. The second kappa shape index (κ2) is 6.51. The van der Waals surface area contributed by atoms with Gasteiger partial charge in [0.15, 0.2) is 0 Å². The minimum Gasteiger partial charge on any atom is -0.465 e. The summed E-state index contributed by atoms with van der Waals surface area (Å²) in [6.07, 6.45) is 12.0. The van der Waals surface area contributed by atoms with E-state index >= 15 is 0 Å². The number of hydrogen-bond acceptors (Lipinski definition) is 2. The van der Waals surface area contributed by atoms with Crippen LogP contribution in [0.2, 0.25) is 0 Å². The quantitative estimate of drug-likeness (QED) is 0.595. The van der Waals surface area contributed by atoms with E-state index in [1.807, 2.05) is 18.2 Å². The third-order valence-electron chi connectivity index (χ3n) is 6.21. The van der Waals surface area contributed by atoms with Crippen molar-refractivity contribution >= 4 is 5.97 Å². The van der Waals surface area contributed by atoms with Crippen LogP contribution in [0.4, 0.5) is 0 Å². The van der Waals surface area contributed by atoms with Crippen LogP contribution in [0.5, 0.6) is 0 Å². The number of hydrogen-bond donors (Lipinski definition) is 0. The van der Waals surface area contributed by atoms with Gasteiger partial charge in [-0.3, -0.25) is 4.79 Å². The van der Waals surface area contributed by atoms with Crippen LogP contribution in [0.15, 0.2) is 42.5 Å². The minimum absolute atomic E-state index is 0.0645. The molecule has 23 heavy (non-hydrogen) atoms. The Hall–Kier alpha value is -1.57. The van der Waals surface area contributed by atoms with Gasteiger partial charge in [0.25, 0.3) is 0 Å². The van der Waals surface area contributed by atoms with Crippen molar-refractivity contribution in [3.63, 3.8) is 0 Å². The molecule has 1 aromatic rings. The summed E-state index contributed by atoms with van der Waals surface area (Å²) in [5.74, 6) is 2.57. The number of benzene rings is 1. The Bertz CT molecular complexity index is 571. The van der Waals surface area contributed by atoms with Crippen molar-refractivity contribution in [2.24, 2.45) is 29.6 Å². The van der Waals surface area contributed by atoms with E-state index in [0.717, 1.165) is 12.3 Å². The lowest BCUT2D eigenvalue weighted by molar-refractivity contribution is -0.152. The van der Waals surface area contributed by atoms with Crippen LogP contribution in [0.25, 0.3) is 0 Å². The summed E-state index contributed by atoms with van der Waals surface area (Å²) in [5.41, 5.74) is 1.24. The Morgan fingerprint density at radius 2 is 1.78 bits per heavy atom. The van der Waals surface area contributed by atoms with Gasteiger partial charge >= 0.3 is 5.97 Å². The minimum atomic E-state index is 0.0645. The number of carbonyl (C=O) groups excluding carboxylic acids is 1. The summed E-state index contributed by atoms with van der Waals surface area (Å²) >= 11 is 0. The molecule has 0 saturated heterocycles. The molecule has 4 atom stereocenters. The average molecular weight is 310 g/mol. The first-order valence-corrected chi connectivity index (χ1v) is 9.22. The number of fused-ring (bicyclic) bond motifs is 2. The lowest BCUT2D eigenvalue weighted by Crippen LogP contribution is -2.33. The molecule has 0 aromatic heterocycles. The maximum absolute atomic E-state index is 12.7. The molecule has 0 aliphatic heterocycles. The highest BCUT2D eigenvalue weighted by Gasteiger charge is 2.51. The number of allylic oxidation sites excluding steroid dienone is 2. The fraction of sp³-hybridized carbons (Fsp3) is 0.571. The molecule has 2 fully saturated rings. The molecule has 0 heterocycles. The van der Waals surface area contributed by atoms with E-state index in [1.165, 1.54) is 37.7 Å². The van der Waals surface area contributed by atoms with Gasteiger partial charge in [0.1, 0.15) is 0 Å². The second-order valence-electron chi connectivity index (χ2n) is 7.50. The molecule has 0 N–H and O–H groups in total. The molecule has 0 unspecified atom stereocenters. The molecule has 3 aliphatic rings. The topological polar surface area (TPSA) is 26.3 Å². The summed E-state index contributed by atoms with van der Waals surface area (Å²) in [4.78, 5) is 12.7. The van der Waals surface area contributed by atoms with Crippen LogP contribution in [-0.4, -0.2) is 12.6 Å². The van der Waals surface area contributed by atoms with Gasteiger partial charge in [-0.15, -0.1) is 0 Å². The monoisotopic (exact) mass is 310 g/mol. The normalized spacial score (nSPS) is 32.5. The highest BCUT2D eigenvalue weighted by Crippen LogP contribution is 2.54. The Morgan fingerprint density at radius 3 is 2.57 bits per heavy atom. The van der Waals surface area contributed by atoms with Gasteiger partial charge in [0, 0.05) is 6.42 Å². The van der Waals surface area contributed by atoms with Crippen molar-refractivity contribution in [3.8, 4) is 0 Å². The second-order valence-corrected chi connectivity index (χ2v) is 7.50. The van der Waals surface area contributed by atoms with Crippen molar-refractivity contribution in [1.29, 1.82) is 0 Å². The van der Waals surface area contributed by atoms with Crippen LogP contribution >= 0.6 is 0 Å². The molecule has 3 aliphatic carbocycles. The van der Waals surface area contributed by atoms with E-state index in [1.54, 1.807) is 0 Å². The summed E-state index contributed by atoms with van der Waals surface area (Å²) in [5, 5.41) is 0. The van der Waals surface area contributed by atoms with Gasteiger partial charge in [-0.25, -0.2) is 0 Å². The van der Waals surface area contributed by atoms with Crippen molar-refractivity contribution in [2.45, 2.75) is 38.5 Å². The number of carbonyl (C=O) groups is 1. The van der Waals surface area contributed by atoms with E-state index in [4.69, 9.17) is 4.74 Å². The Morgan fingerprint density at radius 1 is 1.04 bits per heavy atom. The number of rotatable bonds is 5. The van der Waals surface area contributed by atoms with Gasteiger partial charge in [-0.05, 0) is 35.7 Å². The SMILES string of the molecule is O=C(OCCc1ccccc1)[C@H]1[C@H](C2CCCC2)[C@H]2C=C[C@@H]1C2. The molecule has 2 nitrogen and oxygen atoms in total. The molecule has 0 spiro atoms. The van der Waals surface area contributed by atoms with E-state index in [2.05, 4.69) is 24.3 Å². The lowest BCUT2D eigenvalue weighted by Gasteiger charge is -2.31. The zero-order chi connectivity index (χ0) is 15.6. The fourth-order valence-electron chi connectivity index (χ4n) is 5.19. The van der Waals surface area contributed by atoms with E-state index < -0.39 is 0 Å². The smallest absolute Gasteiger partial charge is 0.309 e. The molecule has 0 amide bonds. The summed E-state index contributed by atoms with van der Waals surface area (Å²) < 4.78 is 5.70. The van der Waals surface area contributed by atoms with Crippen LogP contribution in [0.1, 0.15) is 37.7 Å². The Labute approximate surface area is 138 Å². The third kappa shape index (κ3) is 2.96. The predicted octanol–water partition coefficient (Wildman–Crippen LogP) is 4.40. The Kier molecular flexibility index (Phi) is 4.24. The number of esters is 1. The van der Waals surface area contributed by atoms with Crippen molar-refractivity contribution < 1.29 is 9.53 Å². The highest BCUT2D eigenvalue weighted by atomic mass is 16.5. The van der Waals surface area contributed by atoms with Crippen LogP contribution in [0.3, 0.4) is 0 Å². The van der Waals surface area contributed by atoms with Gasteiger partial charge in [-0.1, -0.05) is 68.2 Å². The fourth-order valence-corrected chi connectivity index (χ4v) is 5.19. The average Bonchev–Trinajstić information content (AvgIpc) is 3.31. The molecule has 122 valence electrons. The van der Waals surface area contributed by atoms with Crippen LogP contribution in [-0.2, 0) is 16.0 Å². The lowest BCUT2D eigenvalue weighted by atomic mass is 9.74. The largest absolute Gasteiger partial charge is 0.465 e. The van der Waals surface area contributed by atoms with E-state index in [-0.39, 0.29) is 11.9 Å². The zero-order valence-corrected chi connectivity index (χ0v) is 13.7. The van der Waals surface area contributed by atoms with Crippen LogP contribution < -0.4 is 0 Å². The zero-order valence-electron chi connectivity index (χ0n) is 13.7. The molecule has 4 rings (SSSR count). The highest BCUT2D eigenvalue weighted by molar-refractivity contribution is 5.74. The van der Waals surface area contributed by atoms with Crippen molar-refractivity contribution in [3.05, 3.63) is 48.0 Å². The van der Waals surface area contributed by atoms with Gasteiger partial charge in [0.2, 0.25) is 0 Å². The first kappa shape index (κ1) is 15.0. The first-order valence-electron chi connectivity index (χ1n) is 9.22. The van der Waals surface area contributed by atoms with E-state index in [9.17, 15) is 4.79 Å². The van der Waals surface area contributed by atoms with Gasteiger partial charge < -0.3 is 4.74 Å². The standard InChI is InChI=1S/C21H26O2/c22-21(23-13-12-15-6-2-1-3-7-15)20-18-11-10-17(14-18)19(20)16-8-4-5-9-16/h1-3,6-7,10-11,16-20H,4-5,8-9,12-14H2/t17-,18+,19+,20+/m0/s1.